The molecule has 0 spiro atoms. The summed E-state index contributed by atoms with van der Waals surface area (Å²) >= 11 is 0. The standard InChI is InChI=1S/C23H26N4O6S/c1-15(2)20-19-13-17(14-24-21(19)33-25-20)23(29)32-16(3)22(28)26-9-11-27(12-10-26)34(30,31)18-7-5-4-6-8-18/h4-8,13-16H,9-12H2,1-3H3. The van der Waals surface area contributed by atoms with Gasteiger partial charge in [-0.3, -0.25) is 4.79 Å². The molecule has 1 aliphatic rings. The van der Waals surface area contributed by atoms with Crippen molar-refractivity contribution in [2.24, 2.45) is 0 Å². The van der Waals surface area contributed by atoms with Crippen molar-refractivity contribution in [1.82, 2.24) is 19.3 Å². The van der Waals surface area contributed by atoms with Crippen molar-refractivity contribution in [2.75, 3.05) is 26.2 Å². The van der Waals surface area contributed by atoms with Gasteiger partial charge in [-0.2, -0.15) is 4.31 Å². The number of ether oxygens (including phenoxy) is 1. The summed E-state index contributed by atoms with van der Waals surface area (Å²) in [4.78, 5) is 31.3. The lowest BCUT2D eigenvalue weighted by atomic mass is 10.1. The van der Waals surface area contributed by atoms with Crippen molar-refractivity contribution in [3.05, 3.63) is 53.9 Å². The number of fused-ring (bicyclic) bond motifs is 1. The predicted octanol–water partition coefficient (Wildman–Crippen LogP) is 2.42. The number of carbonyl (C=O) groups excluding carboxylic acids is 2. The largest absolute Gasteiger partial charge is 0.449 e. The smallest absolute Gasteiger partial charge is 0.340 e. The van der Waals surface area contributed by atoms with E-state index >= 15 is 0 Å². The van der Waals surface area contributed by atoms with Crippen LogP contribution in [0.2, 0.25) is 0 Å². The quantitative estimate of drug-likeness (QED) is 0.487. The van der Waals surface area contributed by atoms with Crippen LogP contribution in [0.5, 0.6) is 0 Å². The van der Waals surface area contributed by atoms with E-state index in [-0.39, 0.29) is 48.5 Å². The fraction of sp³-hybridized carbons (Fsp3) is 0.391. The molecule has 1 amide bonds. The Hall–Kier alpha value is -3.31. The fourth-order valence-corrected chi connectivity index (χ4v) is 5.25. The maximum absolute atomic E-state index is 12.8. The third-order valence-corrected chi connectivity index (χ3v) is 7.62. The van der Waals surface area contributed by atoms with Gasteiger partial charge in [0, 0.05) is 32.4 Å². The third kappa shape index (κ3) is 4.66. The number of pyridine rings is 1. The first kappa shape index (κ1) is 23.8. The number of benzene rings is 1. The van der Waals surface area contributed by atoms with Gasteiger partial charge in [-0.15, -0.1) is 0 Å². The Balaban J connectivity index is 1.37. The molecule has 1 fully saturated rings. The molecule has 2 aromatic heterocycles. The summed E-state index contributed by atoms with van der Waals surface area (Å²) in [5, 5.41) is 4.62. The Labute approximate surface area is 197 Å². The molecule has 1 aromatic carbocycles. The number of amides is 1. The van der Waals surface area contributed by atoms with Crippen molar-refractivity contribution < 1.29 is 27.3 Å². The van der Waals surface area contributed by atoms with E-state index in [4.69, 9.17) is 9.26 Å². The first-order valence-corrected chi connectivity index (χ1v) is 12.4. The minimum absolute atomic E-state index is 0.0826. The lowest BCUT2D eigenvalue weighted by molar-refractivity contribution is -0.141. The van der Waals surface area contributed by atoms with Gasteiger partial charge in [0.05, 0.1) is 21.5 Å². The number of carbonyl (C=O) groups is 2. The predicted molar refractivity (Wildman–Crippen MR) is 123 cm³/mol. The molecule has 0 saturated carbocycles. The van der Waals surface area contributed by atoms with E-state index < -0.39 is 22.1 Å². The molecule has 1 unspecified atom stereocenters. The highest BCUT2D eigenvalue weighted by Gasteiger charge is 2.32. The number of nitrogens with zero attached hydrogens (tertiary/aromatic N) is 4. The highest BCUT2D eigenvalue weighted by Crippen LogP contribution is 2.24. The summed E-state index contributed by atoms with van der Waals surface area (Å²) in [7, 11) is -3.62. The van der Waals surface area contributed by atoms with E-state index in [0.29, 0.717) is 16.8 Å². The number of esters is 1. The molecular formula is C23H26N4O6S. The van der Waals surface area contributed by atoms with Gasteiger partial charge in [-0.25, -0.2) is 18.2 Å². The summed E-state index contributed by atoms with van der Waals surface area (Å²) in [6.45, 7) is 6.14. The number of aromatic nitrogens is 2. The number of sulfonamides is 1. The maximum Gasteiger partial charge on any atom is 0.340 e. The van der Waals surface area contributed by atoms with Crippen molar-refractivity contribution in [2.45, 2.75) is 37.7 Å². The van der Waals surface area contributed by atoms with Gasteiger partial charge in [0.2, 0.25) is 10.0 Å². The minimum atomic E-state index is -3.62. The van der Waals surface area contributed by atoms with Gasteiger partial charge in [0.25, 0.3) is 11.6 Å². The molecule has 180 valence electrons. The molecule has 10 nitrogen and oxygen atoms in total. The molecule has 1 atom stereocenters. The molecule has 0 radical (unpaired) electrons. The van der Waals surface area contributed by atoms with Gasteiger partial charge in [-0.05, 0) is 31.0 Å². The Morgan fingerprint density at radius 3 is 2.38 bits per heavy atom. The van der Waals surface area contributed by atoms with E-state index in [2.05, 4.69) is 10.1 Å². The van der Waals surface area contributed by atoms with E-state index in [1.54, 1.807) is 36.4 Å². The van der Waals surface area contributed by atoms with Crippen molar-refractivity contribution in [3.8, 4) is 0 Å². The lowest BCUT2D eigenvalue weighted by Gasteiger charge is -2.35. The monoisotopic (exact) mass is 486 g/mol. The molecule has 1 aliphatic heterocycles. The lowest BCUT2D eigenvalue weighted by Crippen LogP contribution is -2.52. The highest BCUT2D eigenvalue weighted by molar-refractivity contribution is 7.89. The van der Waals surface area contributed by atoms with Crippen LogP contribution in [-0.4, -0.2) is 71.9 Å². The number of rotatable bonds is 6. The van der Waals surface area contributed by atoms with Crippen molar-refractivity contribution in [3.63, 3.8) is 0 Å². The summed E-state index contributed by atoms with van der Waals surface area (Å²) in [6, 6.07) is 9.78. The SMILES string of the molecule is CC(OC(=O)c1cnc2onc(C(C)C)c2c1)C(=O)N1CCN(S(=O)(=O)c2ccccc2)CC1. The molecule has 4 rings (SSSR count). The number of hydrogen-bond donors (Lipinski definition) is 0. The zero-order valence-corrected chi connectivity index (χ0v) is 20.0. The Bertz CT molecular complexity index is 1300. The van der Waals surface area contributed by atoms with Crippen molar-refractivity contribution >= 4 is 33.0 Å². The second kappa shape index (κ2) is 9.51. The average molecular weight is 487 g/mol. The molecule has 34 heavy (non-hydrogen) atoms. The van der Waals surface area contributed by atoms with Gasteiger partial charge in [-0.1, -0.05) is 37.2 Å². The van der Waals surface area contributed by atoms with Crippen LogP contribution in [0.3, 0.4) is 0 Å². The van der Waals surface area contributed by atoms with Crippen LogP contribution in [0.4, 0.5) is 0 Å². The highest BCUT2D eigenvalue weighted by atomic mass is 32.2. The van der Waals surface area contributed by atoms with Gasteiger partial charge < -0.3 is 14.2 Å². The average Bonchev–Trinajstić information content (AvgIpc) is 3.28. The normalized spacial score (nSPS) is 16.1. The second-order valence-corrected chi connectivity index (χ2v) is 10.3. The summed E-state index contributed by atoms with van der Waals surface area (Å²) < 4.78 is 37.5. The number of piperazine rings is 1. The molecule has 0 aliphatic carbocycles. The molecule has 11 heteroatoms. The molecular weight excluding hydrogens is 460 g/mol. The minimum Gasteiger partial charge on any atom is -0.449 e. The summed E-state index contributed by atoms with van der Waals surface area (Å²) in [6.07, 6.45) is 0.289. The number of hydrogen-bond acceptors (Lipinski definition) is 8. The van der Waals surface area contributed by atoms with Gasteiger partial charge in [0.1, 0.15) is 0 Å². The zero-order valence-electron chi connectivity index (χ0n) is 19.2. The van der Waals surface area contributed by atoms with Crippen LogP contribution in [0, 0.1) is 0 Å². The Morgan fingerprint density at radius 2 is 1.74 bits per heavy atom. The fourth-order valence-electron chi connectivity index (χ4n) is 3.80. The van der Waals surface area contributed by atoms with E-state index in [1.807, 2.05) is 13.8 Å². The molecule has 0 N–H and O–H groups in total. The Kier molecular flexibility index (Phi) is 6.67. The van der Waals surface area contributed by atoms with E-state index in [0.717, 1.165) is 0 Å². The van der Waals surface area contributed by atoms with E-state index in [1.165, 1.54) is 22.3 Å². The summed E-state index contributed by atoms with van der Waals surface area (Å²) in [5.41, 5.74) is 1.20. The molecule has 3 aromatic rings. The van der Waals surface area contributed by atoms with Crippen LogP contribution in [0.25, 0.3) is 11.1 Å². The molecule has 1 saturated heterocycles. The van der Waals surface area contributed by atoms with E-state index in [9.17, 15) is 18.0 Å². The third-order valence-electron chi connectivity index (χ3n) is 5.70. The topological polar surface area (TPSA) is 123 Å². The summed E-state index contributed by atoms with van der Waals surface area (Å²) in [5.74, 6) is -0.984. The van der Waals surface area contributed by atoms with Crippen LogP contribution in [-0.2, 0) is 19.6 Å². The molecule has 3 heterocycles. The second-order valence-electron chi connectivity index (χ2n) is 8.39. The van der Waals surface area contributed by atoms with Crippen molar-refractivity contribution in [1.29, 1.82) is 0 Å². The van der Waals surface area contributed by atoms with Crippen LogP contribution >= 0.6 is 0 Å². The van der Waals surface area contributed by atoms with Crippen LogP contribution < -0.4 is 0 Å². The zero-order chi connectivity index (χ0) is 24.5. The van der Waals surface area contributed by atoms with Gasteiger partial charge >= 0.3 is 5.97 Å². The van der Waals surface area contributed by atoms with Gasteiger partial charge in [0.15, 0.2) is 6.10 Å². The Morgan fingerprint density at radius 1 is 1.06 bits per heavy atom. The first-order valence-electron chi connectivity index (χ1n) is 11.0. The first-order chi connectivity index (χ1) is 16.2. The maximum atomic E-state index is 12.8. The van der Waals surface area contributed by atoms with Crippen LogP contribution in [0.1, 0.15) is 42.7 Å². The molecule has 0 bridgehead atoms. The van der Waals surface area contributed by atoms with Crippen LogP contribution in [0.15, 0.2) is 52.0 Å².